The van der Waals surface area contributed by atoms with Crippen LogP contribution < -0.4 is 4.74 Å². The van der Waals surface area contributed by atoms with Crippen molar-refractivity contribution in [2.45, 2.75) is 69.9 Å². The summed E-state index contributed by atoms with van der Waals surface area (Å²) in [5, 5.41) is 12.7. The van der Waals surface area contributed by atoms with Crippen molar-refractivity contribution in [1.82, 2.24) is 9.80 Å². The summed E-state index contributed by atoms with van der Waals surface area (Å²) in [5.41, 5.74) is 1.87. The number of aliphatic hydroxyl groups excluding tert-OH is 1. The zero-order chi connectivity index (χ0) is 27.7. The van der Waals surface area contributed by atoms with Gasteiger partial charge in [-0.3, -0.25) is 4.79 Å². The van der Waals surface area contributed by atoms with Crippen LogP contribution in [-0.4, -0.2) is 66.2 Å². The van der Waals surface area contributed by atoms with Crippen LogP contribution in [0, 0.1) is 17.8 Å². The molecule has 7 heteroatoms. The number of methoxy groups -OCH3 is 1. The molecule has 39 heavy (non-hydrogen) atoms. The van der Waals surface area contributed by atoms with E-state index in [9.17, 15) is 9.90 Å². The maximum absolute atomic E-state index is 13.9. The van der Waals surface area contributed by atoms with Crippen molar-refractivity contribution in [3.8, 4) is 5.75 Å². The molecule has 1 aliphatic heterocycles. The predicted molar refractivity (Wildman–Crippen MR) is 158 cm³/mol. The third kappa shape index (κ3) is 6.43. The third-order valence-corrected chi connectivity index (χ3v) is 9.88. The number of hydrogen-bond acceptors (Lipinski definition) is 4. The average Bonchev–Trinajstić information content (AvgIpc) is 3.73. The highest BCUT2D eigenvalue weighted by molar-refractivity contribution is 6.42. The molecular formula is C32H42Cl2N2O3. The van der Waals surface area contributed by atoms with Crippen LogP contribution >= 0.6 is 23.2 Å². The Morgan fingerprint density at radius 3 is 2.67 bits per heavy atom. The lowest BCUT2D eigenvalue weighted by molar-refractivity contribution is -0.138. The van der Waals surface area contributed by atoms with Gasteiger partial charge in [-0.1, -0.05) is 55.2 Å². The van der Waals surface area contributed by atoms with Gasteiger partial charge < -0.3 is 19.6 Å². The summed E-state index contributed by atoms with van der Waals surface area (Å²) in [7, 11) is 1.71. The number of likely N-dealkylation sites (tertiary alicyclic amines) is 1. The van der Waals surface area contributed by atoms with Gasteiger partial charge in [-0.15, -0.1) is 0 Å². The van der Waals surface area contributed by atoms with E-state index in [2.05, 4.69) is 36.9 Å². The van der Waals surface area contributed by atoms with E-state index in [-0.39, 0.29) is 29.7 Å². The van der Waals surface area contributed by atoms with Crippen molar-refractivity contribution in [3.63, 3.8) is 0 Å². The van der Waals surface area contributed by atoms with Gasteiger partial charge in [0.1, 0.15) is 5.75 Å². The molecule has 1 amide bonds. The Hall–Kier alpha value is -1.79. The summed E-state index contributed by atoms with van der Waals surface area (Å²) in [6.45, 7) is 8.02. The van der Waals surface area contributed by atoms with Gasteiger partial charge >= 0.3 is 0 Å². The Kier molecular flexibility index (Phi) is 8.83. The van der Waals surface area contributed by atoms with Crippen molar-refractivity contribution in [2.75, 3.05) is 33.3 Å². The molecule has 2 aromatic rings. The maximum Gasteiger partial charge on any atom is 0.227 e. The van der Waals surface area contributed by atoms with Gasteiger partial charge in [0.25, 0.3) is 0 Å². The molecule has 1 N–H and O–H groups in total. The zero-order valence-corrected chi connectivity index (χ0v) is 24.9. The molecule has 2 saturated carbocycles. The van der Waals surface area contributed by atoms with Crippen LogP contribution in [0.2, 0.25) is 10.0 Å². The quantitative estimate of drug-likeness (QED) is 0.387. The van der Waals surface area contributed by atoms with E-state index in [1.165, 1.54) is 18.4 Å². The molecule has 0 radical (unpaired) electrons. The van der Waals surface area contributed by atoms with Crippen LogP contribution in [0.4, 0.5) is 0 Å². The molecule has 1 saturated heterocycles. The second-order valence-electron chi connectivity index (χ2n) is 12.5. The number of rotatable bonds is 9. The average molecular weight is 574 g/mol. The fraction of sp³-hybridized carbons (Fsp3) is 0.594. The minimum atomic E-state index is -0.482. The lowest BCUT2D eigenvalue weighted by Crippen LogP contribution is -2.62. The summed E-state index contributed by atoms with van der Waals surface area (Å²) < 4.78 is 5.62. The van der Waals surface area contributed by atoms with Gasteiger partial charge in [0, 0.05) is 37.0 Å². The molecule has 1 unspecified atom stereocenters. The Morgan fingerprint density at radius 2 is 1.97 bits per heavy atom. The number of hydrogen-bond donors (Lipinski definition) is 1. The largest absolute Gasteiger partial charge is 0.497 e. The minimum absolute atomic E-state index is 0.0462. The maximum atomic E-state index is 13.9. The monoisotopic (exact) mass is 572 g/mol. The Balaban J connectivity index is 1.45. The van der Waals surface area contributed by atoms with Gasteiger partial charge in [-0.2, -0.15) is 0 Å². The van der Waals surface area contributed by atoms with Crippen LogP contribution in [0.5, 0.6) is 5.75 Å². The second-order valence-corrected chi connectivity index (χ2v) is 13.3. The molecule has 3 fully saturated rings. The SMILES string of the molecule is COc1cccc([C@@]23CCN(CC4CC4)C[C@H]2C(O)C[C@H](N(CC(C)C)C(=O)Cc2ccc(Cl)c(Cl)c2)C3)c1. The molecule has 5 nitrogen and oxygen atoms in total. The normalized spacial score (nSPS) is 27.3. The van der Waals surface area contributed by atoms with Crippen LogP contribution in [0.3, 0.4) is 0 Å². The van der Waals surface area contributed by atoms with Crippen LogP contribution in [0.1, 0.15) is 57.1 Å². The van der Waals surface area contributed by atoms with Gasteiger partial charge in [0.05, 0.1) is 29.7 Å². The van der Waals surface area contributed by atoms with E-state index in [0.29, 0.717) is 28.9 Å². The molecule has 4 atom stereocenters. The van der Waals surface area contributed by atoms with Gasteiger partial charge in [0.2, 0.25) is 5.91 Å². The highest BCUT2D eigenvalue weighted by Gasteiger charge is 2.53. The highest BCUT2D eigenvalue weighted by Crippen LogP contribution is 2.51. The zero-order valence-electron chi connectivity index (χ0n) is 23.4. The third-order valence-electron chi connectivity index (χ3n) is 9.14. The summed E-state index contributed by atoms with van der Waals surface area (Å²) in [6, 6.07) is 13.8. The first-order valence-electron chi connectivity index (χ1n) is 14.5. The Bertz CT molecular complexity index is 1170. The fourth-order valence-electron chi connectivity index (χ4n) is 7.03. The number of nitrogens with zero attached hydrogens (tertiary/aromatic N) is 2. The van der Waals surface area contributed by atoms with Crippen molar-refractivity contribution in [1.29, 1.82) is 0 Å². The van der Waals surface area contributed by atoms with Crippen LogP contribution in [0.25, 0.3) is 0 Å². The van der Waals surface area contributed by atoms with E-state index < -0.39 is 6.10 Å². The van der Waals surface area contributed by atoms with E-state index in [1.54, 1.807) is 19.2 Å². The van der Waals surface area contributed by atoms with Gasteiger partial charge in [-0.25, -0.2) is 0 Å². The number of halogens is 2. The van der Waals surface area contributed by atoms with E-state index >= 15 is 0 Å². The summed E-state index contributed by atoms with van der Waals surface area (Å²) in [6.07, 6.45) is 4.87. The van der Waals surface area contributed by atoms with E-state index in [1.807, 2.05) is 17.0 Å². The van der Waals surface area contributed by atoms with Crippen molar-refractivity contribution in [2.24, 2.45) is 17.8 Å². The lowest BCUT2D eigenvalue weighted by Gasteiger charge is -2.56. The van der Waals surface area contributed by atoms with Gasteiger partial charge in [-0.05, 0) is 85.9 Å². The molecule has 2 aromatic carbocycles. The number of piperidine rings is 1. The number of amides is 1. The first-order chi connectivity index (χ1) is 18.7. The van der Waals surface area contributed by atoms with Crippen LogP contribution in [0.15, 0.2) is 42.5 Å². The second kappa shape index (κ2) is 12.0. The Labute approximate surface area is 243 Å². The molecule has 1 heterocycles. The Morgan fingerprint density at radius 1 is 1.18 bits per heavy atom. The number of carbonyl (C=O) groups excluding carboxylic acids is 1. The summed E-state index contributed by atoms with van der Waals surface area (Å²) >= 11 is 12.4. The molecule has 0 aromatic heterocycles. The van der Waals surface area contributed by atoms with Crippen LogP contribution in [-0.2, 0) is 16.6 Å². The lowest BCUT2D eigenvalue weighted by atomic mass is 9.56. The van der Waals surface area contributed by atoms with Crippen molar-refractivity contribution >= 4 is 29.1 Å². The number of ether oxygens (including phenoxy) is 1. The molecule has 5 rings (SSSR count). The fourth-order valence-corrected chi connectivity index (χ4v) is 7.35. The smallest absolute Gasteiger partial charge is 0.227 e. The number of fused-ring (bicyclic) bond motifs is 1. The number of benzene rings is 2. The first kappa shape index (κ1) is 28.7. The molecular weight excluding hydrogens is 531 g/mol. The molecule has 2 aliphatic carbocycles. The number of carbonyl (C=O) groups is 1. The molecule has 0 spiro atoms. The van der Waals surface area contributed by atoms with Gasteiger partial charge in [0.15, 0.2) is 0 Å². The molecule has 3 aliphatic rings. The summed E-state index contributed by atoms with van der Waals surface area (Å²) in [5.74, 6) is 2.17. The highest BCUT2D eigenvalue weighted by atomic mass is 35.5. The van der Waals surface area contributed by atoms with E-state index in [0.717, 1.165) is 49.7 Å². The topological polar surface area (TPSA) is 53.0 Å². The first-order valence-corrected chi connectivity index (χ1v) is 15.2. The number of aliphatic hydroxyl groups is 1. The molecule has 0 bridgehead atoms. The standard InChI is InChI=1S/C32H42Cl2N2O3/c1-21(2)18-36(31(38)14-23-9-10-28(33)29(34)13-23)25-16-30(37)27-20-35(19-22-7-8-22)12-11-32(27,17-25)24-5-4-6-26(15-24)39-3/h4-6,9-10,13,15,21-22,25,27,30,37H,7-8,11-12,14,16-20H2,1-3H3/t25-,27-,30?,32-/m0/s1. The molecule has 212 valence electrons. The minimum Gasteiger partial charge on any atom is -0.497 e. The van der Waals surface area contributed by atoms with E-state index in [4.69, 9.17) is 27.9 Å². The van der Waals surface area contributed by atoms with Crippen molar-refractivity contribution < 1.29 is 14.6 Å². The van der Waals surface area contributed by atoms with Crippen molar-refractivity contribution in [3.05, 3.63) is 63.6 Å². The summed E-state index contributed by atoms with van der Waals surface area (Å²) in [4.78, 5) is 18.5. The predicted octanol–water partition coefficient (Wildman–Crippen LogP) is 6.22.